The molecule has 21 heteroatoms. The first kappa shape index (κ1) is 56.8. The standard InChI is InChI=1S/C52H73ClN8O12/c1-32-13-11-15-41(68-10)52(67)30-40(71-50(66)57-52)34(3)47-51(5,73-47)42(29-45(64)60(9)39-27-36(25-32)26-33(2)46(39)53)72-49(65)35(4)59(8)44(63)17-21-69-23-24-70-22-19-55-43(62)16-20-61-38(31-58(7)54-6)28-37-14-12-18-56-48(37)61/h11-15,18,26-28,34-35,40-42,47,54,67H,16-17,19-25,29-31H2,1-10H3,(H,55,62)(H,57,66)/b15-11+,32-13+/t34-,35+,40+,41-,42+,47?,51+,52+/m1/s1. The van der Waals surface area contributed by atoms with E-state index < -0.39 is 65.7 Å². The van der Waals surface area contributed by atoms with Crippen LogP contribution < -0.4 is 21.0 Å². The molecule has 2 aromatic heterocycles. The Bertz CT molecular complexity index is 2520. The number of nitrogens with zero attached hydrogens (tertiary/aromatic N) is 5. The van der Waals surface area contributed by atoms with E-state index in [1.165, 1.54) is 30.9 Å². The van der Waals surface area contributed by atoms with Crippen LogP contribution in [-0.2, 0) is 67.1 Å². The molecule has 0 radical (unpaired) electrons. The molecule has 1 unspecified atom stereocenters. The van der Waals surface area contributed by atoms with Crippen molar-refractivity contribution in [3.05, 3.63) is 82.2 Å². The summed E-state index contributed by atoms with van der Waals surface area (Å²) < 4.78 is 37.2. The van der Waals surface area contributed by atoms with Gasteiger partial charge in [-0.3, -0.25) is 25.1 Å². The average Bonchev–Trinajstić information content (AvgIpc) is 3.93. The summed E-state index contributed by atoms with van der Waals surface area (Å²) in [5, 5.41) is 20.6. The van der Waals surface area contributed by atoms with E-state index in [1.807, 2.05) is 63.3 Å². The molecule has 3 aromatic rings. The zero-order valence-corrected chi connectivity index (χ0v) is 44.5. The number of hydrogen-bond donors (Lipinski definition) is 4. The first-order valence-corrected chi connectivity index (χ1v) is 25.1. The van der Waals surface area contributed by atoms with Gasteiger partial charge in [0.05, 0.1) is 62.6 Å². The number of allylic oxidation sites excluding steroid dienone is 3. The summed E-state index contributed by atoms with van der Waals surface area (Å²) in [7, 11) is 8.32. The highest BCUT2D eigenvalue weighted by Gasteiger charge is 2.64. The molecule has 20 nitrogen and oxygen atoms in total. The Balaban J connectivity index is 1.01. The molecule has 0 spiro atoms. The van der Waals surface area contributed by atoms with Gasteiger partial charge in [0.2, 0.25) is 17.7 Å². The van der Waals surface area contributed by atoms with Crippen LogP contribution >= 0.6 is 11.6 Å². The third-order valence-corrected chi connectivity index (χ3v) is 14.5. The fourth-order valence-electron chi connectivity index (χ4n) is 9.32. The van der Waals surface area contributed by atoms with Gasteiger partial charge in [-0.15, -0.1) is 0 Å². The SMILES string of the molecule is CNN(C)Cc1cc2cccnc2n1CCC(=O)NCCOCCOCCC(=O)N(C)[C@@H](C)C(=O)O[C@H]1CC(=O)N(C)c2cc(cc(C)c2Cl)C/C(C)=C/C=C/[C@@H](OC)[C@@]2(O)C[C@H](OC(=O)N2)[C@@H](C)C2O[C@]21C. The van der Waals surface area contributed by atoms with Crippen LogP contribution in [0, 0.1) is 12.8 Å². The lowest BCUT2D eigenvalue weighted by molar-refractivity contribution is -0.162. The van der Waals surface area contributed by atoms with Gasteiger partial charge in [-0.25, -0.2) is 19.6 Å². The number of methoxy groups -OCH3 is 1. The fourth-order valence-corrected chi connectivity index (χ4v) is 9.56. The van der Waals surface area contributed by atoms with Gasteiger partial charge in [-0.2, -0.15) is 0 Å². The van der Waals surface area contributed by atoms with Gasteiger partial charge in [0.15, 0.2) is 5.72 Å². The first-order valence-electron chi connectivity index (χ1n) is 24.7. The average molecular weight is 1040 g/mol. The smallest absolute Gasteiger partial charge is 0.409 e. The number of benzene rings is 1. The molecule has 0 aliphatic carbocycles. The van der Waals surface area contributed by atoms with Crippen molar-refractivity contribution in [1.82, 2.24) is 35.5 Å². The van der Waals surface area contributed by atoms with Crippen molar-refractivity contribution < 1.29 is 57.5 Å². The summed E-state index contributed by atoms with van der Waals surface area (Å²) in [6.45, 7) is 11.0. The van der Waals surface area contributed by atoms with Crippen LogP contribution in [0.5, 0.6) is 0 Å². The van der Waals surface area contributed by atoms with Crippen LogP contribution in [0.15, 0.2) is 60.3 Å². The van der Waals surface area contributed by atoms with E-state index in [4.69, 9.17) is 40.0 Å². The van der Waals surface area contributed by atoms with E-state index in [-0.39, 0.29) is 63.9 Å². The summed E-state index contributed by atoms with van der Waals surface area (Å²) in [6, 6.07) is 8.70. The Morgan fingerprint density at radius 1 is 1.10 bits per heavy atom. The van der Waals surface area contributed by atoms with Crippen molar-refractivity contribution >= 4 is 58.1 Å². The molecule has 73 heavy (non-hydrogen) atoms. The van der Waals surface area contributed by atoms with E-state index in [0.717, 1.165) is 33.4 Å². The van der Waals surface area contributed by atoms with Crippen LogP contribution in [0.4, 0.5) is 10.5 Å². The minimum absolute atomic E-state index is 0.0357. The van der Waals surface area contributed by atoms with Crippen LogP contribution in [0.25, 0.3) is 11.0 Å². The summed E-state index contributed by atoms with van der Waals surface area (Å²) >= 11 is 6.83. The van der Waals surface area contributed by atoms with Crippen molar-refractivity contribution in [1.29, 1.82) is 0 Å². The summed E-state index contributed by atoms with van der Waals surface area (Å²) in [4.78, 5) is 74.5. The lowest BCUT2D eigenvalue weighted by Crippen LogP contribution is -2.63. The van der Waals surface area contributed by atoms with Crippen molar-refractivity contribution in [2.24, 2.45) is 5.92 Å². The molecule has 400 valence electrons. The largest absolute Gasteiger partial charge is 0.457 e. The highest BCUT2D eigenvalue weighted by Crippen LogP contribution is 2.49. The molecule has 0 saturated carbocycles. The maximum Gasteiger partial charge on any atom is 0.409 e. The molecule has 5 heterocycles. The summed E-state index contributed by atoms with van der Waals surface area (Å²) in [5.41, 5.74) is 4.95. The molecule has 1 aromatic carbocycles. The second-order valence-corrected chi connectivity index (χ2v) is 19.8. The number of anilines is 1. The summed E-state index contributed by atoms with van der Waals surface area (Å²) in [6.07, 6.45) is 2.87. The van der Waals surface area contributed by atoms with Crippen LogP contribution in [0.2, 0.25) is 5.02 Å². The number of aryl methyl sites for hydroxylation is 2. The zero-order chi connectivity index (χ0) is 53.2. The number of ether oxygens (including phenoxy) is 6. The lowest BCUT2D eigenvalue weighted by Gasteiger charge is -2.42. The highest BCUT2D eigenvalue weighted by atomic mass is 35.5. The van der Waals surface area contributed by atoms with Gasteiger partial charge in [0.1, 0.15) is 35.6 Å². The quantitative estimate of drug-likeness (QED) is 0.0566. The number of carbonyl (C=O) groups excluding carboxylic acids is 5. The molecule has 4 bridgehead atoms. The number of hydrazine groups is 1. The van der Waals surface area contributed by atoms with Gasteiger partial charge in [-0.1, -0.05) is 48.4 Å². The normalized spacial score (nSPS) is 26.0. The number of rotatable bonds is 19. The number of nitrogens with one attached hydrogen (secondary N) is 3. The molecular formula is C52H73ClN8O12. The Morgan fingerprint density at radius 3 is 2.56 bits per heavy atom. The van der Waals surface area contributed by atoms with Crippen LogP contribution in [0.1, 0.15) is 70.2 Å². The molecule has 6 rings (SSSR count). The number of amides is 4. The molecule has 2 saturated heterocycles. The van der Waals surface area contributed by atoms with E-state index in [1.54, 1.807) is 39.2 Å². The lowest BCUT2D eigenvalue weighted by atomic mass is 9.83. The maximum absolute atomic E-state index is 14.3. The molecule has 4 amide bonds. The van der Waals surface area contributed by atoms with Gasteiger partial charge in [0, 0.05) is 77.4 Å². The molecule has 2 fully saturated rings. The first-order chi connectivity index (χ1) is 34.7. The van der Waals surface area contributed by atoms with Crippen molar-refractivity contribution in [3.63, 3.8) is 0 Å². The number of likely N-dealkylation sites (N-methyl/N-ethyl adjacent to an activating group) is 1. The van der Waals surface area contributed by atoms with E-state index >= 15 is 0 Å². The Kier molecular flexibility index (Phi) is 19.6. The number of hydrogen-bond acceptors (Lipinski definition) is 15. The van der Waals surface area contributed by atoms with Crippen molar-refractivity contribution in [2.45, 2.75) is 122 Å². The highest BCUT2D eigenvalue weighted by molar-refractivity contribution is 6.34. The van der Waals surface area contributed by atoms with Gasteiger partial charge < -0.3 is 53.2 Å². The van der Waals surface area contributed by atoms with Gasteiger partial charge in [0.25, 0.3) is 0 Å². The van der Waals surface area contributed by atoms with Gasteiger partial charge in [-0.05, 0) is 76.6 Å². The van der Waals surface area contributed by atoms with E-state index in [0.29, 0.717) is 36.8 Å². The number of epoxide rings is 1. The zero-order valence-electron chi connectivity index (χ0n) is 43.7. The Labute approximate surface area is 432 Å². The number of aromatic nitrogens is 2. The van der Waals surface area contributed by atoms with Crippen LogP contribution in [0.3, 0.4) is 0 Å². The van der Waals surface area contributed by atoms with Gasteiger partial charge >= 0.3 is 12.1 Å². The molecular weight excluding hydrogens is 964 g/mol. The monoisotopic (exact) mass is 1040 g/mol. The van der Waals surface area contributed by atoms with E-state index in [2.05, 4.69) is 31.7 Å². The Morgan fingerprint density at radius 2 is 1.84 bits per heavy atom. The minimum Gasteiger partial charge on any atom is -0.457 e. The predicted octanol–water partition coefficient (Wildman–Crippen LogP) is 4.36. The number of halogens is 1. The topological polar surface area (TPSA) is 228 Å². The molecule has 8 atom stereocenters. The maximum atomic E-state index is 14.3. The Hall–Kier alpha value is -5.45. The number of fused-ring (bicyclic) bond motifs is 6. The number of alkyl carbamates (subject to hydrolysis) is 1. The molecule has 3 aliphatic rings. The van der Waals surface area contributed by atoms with Crippen molar-refractivity contribution in [2.75, 3.05) is 73.2 Å². The molecule has 3 aliphatic heterocycles. The molecule has 4 N–H and O–H groups in total. The van der Waals surface area contributed by atoms with Crippen molar-refractivity contribution in [3.8, 4) is 0 Å². The predicted molar refractivity (Wildman–Crippen MR) is 273 cm³/mol. The fraction of sp³-hybridized carbons (Fsp3) is 0.577. The van der Waals surface area contributed by atoms with E-state index in [9.17, 15) is 29.1 Å². The number of carbonyl (C=O) groups is 5. The summed E-state index contributed by atoms with van der Waals surface area (Å²) in [5.74, 6) is -2.24. The number of aliphatic hydroxyl groups is 1. The van der Waals surface area contributed by atoms with Crippen LogP contribution in [-0.4, -0.2) is 164 Å². The second-order valence-electron chi connectivity index (χ2n) is 19.4. The number of pyridine rings is 1. The third-order valence-electron chi connectivity index (χ3n) is 14.0. The second kappa shape index (κ2) is 25.2. The third kappa shape index (κ3) is 14.2. The minimum atomic E-state index is -1.84. The number of esters is 1.